The molecule has 4 heterocycles. The van der Waals surface area contributed by atoms with Crippen LogP contribution in [0.2, 0.25) is 0 Å². The molecule has 9 nitrogen and oxygen atoms in total. The number of aromatic nitrogens is 2. The zero-order valence-electron chi connectivity index (χ0n) is 17.7. The van der Waals surface area contributed by atoms with Gasteiger partial charge in [0.05, 0.1) is 36.3 Å². The number of likely N-dealkylation sites (tertiary alicyclic amines) is 1. The molecule has 2 aliphatic heterocycles. The first kappa shape index (κ1) is 21.2. The van der Waals surface area contributed by atoms with Crippen LogP contribution in [0.5, 0.6) is 0 Å². The van der Waals surface area contributed by atoms with Crippen molar-refractivity contribution in [3.8, 4) is 0 Å². The minimum atomic E-state index is -0.791. The van der Waals surface area contributed by atoms with Gasteiger partial charge >= 0.3 is 0 Å². The van der Waals surface area contributed by atoms with Gasteiger partial charge in [-0.05, 0) is 32.4 Å². The van der Waals surface area contributed by atoms with E-state index in [1.165, 1.54) is 17.4 Å². The van der Waals surface area contributed by atoms with E-state index in [2.05, 4.69) is 14.9 Å². The van der Waals surface area contributed by atoms with Crippen LogP contribution in [-0.2, 0) is 14.3 Å². The lowest BCUT2D eigenvalue weighted by molar-refractivity contribution is -0.140. The number of nitrogens with zero attached hydrogens (tertiary/aromatic N) is 4. The number of Topliss-reactive ketones (excluding diaryl/α,β-unsaturated/α-hetero) is 1. The maximum atomic E-state index is 13.0. The summed E-state index contributed by atoms with van der Waals surface area (Å²) >= 11 is 0. The smallest absolute Gasteiger partial charge is 0.295 e. The number of rotatable bonds is 6. The van der Waals surface area contributed by atoms with Crippen molar-refractivity contribution in [1.29, 1.82) is 0 Å². The second-order valence-corrected chi connectivity index (χ2v) is 7.73. The summed E-state index contributed by atoms with van der Waals surface area (Å²) in [6, 6.07) is 2.61. The Hall–Kier alpha value is -3.04. The van der Waals surface area contributed by atoms with Gasteiger partial charge in [0.15, 0.2) is 0 Å². The van der Waals surface area contributed by atoms with E-state index in [0.717, 1.165) is 19.6 Å². The van der Waals surface area contributed by atoms with Crippen LogP contribution in [0.1, 0.15) is 35.3 Å². The van der Waals surface area contributed by atoms with Gasteiger partial charge in [-0.2, -0.15) is 0 Å². The standard InChI is InChI=1S/C22H26N4O5/c1-14-16(13-23-15(2)24-14)20(27)18-19(17-5-3-10-31-17)26(22(29)21(18)28)7-4-6-25-8-11-30-12-9-25/h3,5,10,13,19,27H,4,6-9,11-12H2,1-2H3/t19-/m0/s1. The third-order valence-electron chi connectivity index (χ3n) is 5.68. The summed E-state index contributed by atoms with van der Waals surface area (Å²) < 4.78 is 10.9. The summed E-state index contributed by atoms with van der Waals surface area (Å²) in [5.41, 5.74) is 0.858. The zero-order valence-corrected chi connectivity index (χ0v) is 17.7. The topological polar surface area (TPSA) is 109 Å². The number of morpholine rings is 1. The Bertz CT molecular complexity index is 995. The molecule has 31 heavy (non-hydrogen) atoms. The molecule has 2 saturated heterocycles. The number of hydrogen-bond acceptors (Lipinski definition) is 8. The van der Waals surface area contributed by atoms with Crippen LogP contribution in [-0.4, -0.2) is 76.0 Å². The van der Waals surface area contributed by atoms with E-state index >= 15 is 0 Å². The summed E-state index contributed by atoms with van der Waals surface area (Å²) in [4.78, 5) is 38.0. The van der Waals surface area contributed by atoms with Gasteiger partial charge < -0.3 is 19.2 Å². The Morgan fingerprint density at radius 2 is 2.00 bits per heavy atom. The third-order valence-corrected chi connectivity index (χ3v) is 5.68. The first-order valence-corrected chi connectivity index (χ1v) is 10.4. The number of aryl methyl sites for hydroxylation is 2. The molecule has 0 aliphatic carbocycles. The molecule has 2 aromatic heterocycles. The summed E-state index contributed by atoms with van der Waals surface area (Å²) in [5.74, 6) is -0.674. The quantitative estimate of drug-likeness (QED) is 0.423. The van der Waals surface area contributed by atoms with Gasteiger partial charge in [0.25, 0.3) is 11.7 Å². The summed E-state index contributed by atoms with van der Waals surface area (Å²) in [7, 11) is 0. The second-order valence-electron chi connectivity index (χ2n) is 7.73. The van der Waals surface area contributed by atoms with Gasteiger partial charge in [-0.1, -0.05) is 0 Å². The summed E-state index contributed by atoms with van der Waals surface area (Å²) in [6.07, 6.45) is 3.65. The monoisotopic (exact) mass is 426 g/mol. The van der Waals surface area contributed by atoms with Crippen molar-refractivity contribution in [3.05, 3.63) is 53.0 Å². The molecule has 1 amide bonds. The van der Waals surface area contributed by atoms with Crippen LogP contribution >= 0.6 is 0 Å². The molecule has 2 aromatic rings. The highest BCUT2D eigenvalue weighted by Gasteiger charge is 2.47. The van der Waals surface area contributed by atoms with Gasteiger partial charge in [0.1, 0.15) is 23.4 Å². The highest BCUT2D eigenvalue weighted by molar-refractivity contribution is 6.46. The van der Waals surface area contributed by atoms with Crippen LogP contribution in [0.25, 0.3) is 5.76 Å². The van der Waals surface area contributed by atoms with Gasteiger partial charge in [0.2, 0.25) is 0 Å². The van der Waals surface area contributed by atoms with E-state index < -0.39 is 17.7 Å². The number of amides is 1. The van der Waals surface area contributed by atoms with Crippen LogP contribution in [0.15, 0.2) is 34.6 Å². The van der Waals surface area contributed by atoms with E-state index in [-0.39, 0.29) is 11.3 Å². The molecule has 0 bridgehead atoms. The van der Waals surface area contributed by atoms with E-state index in [1.807, 2.05) is 0 Å². The van der Waals surface area contributed by atoms with E-state index in [9.17, 15) is 14.7 Å². The van der Waals surface area contributed by atoms with Crippen LogP contribution in [0.4, 0.5) is 0 Å². The number of furan rings is 1. The van der Waals surface area contributed by atoms with E-state index in [1.54, 1.807) is 26.0 Å². The molecular weight excluding hydrogens is 400 g/mol. The van der Waals surface area contributed by atoms with Crippen molar-refractivity contribution in [3.63, 3.8) is 0 Å². The van der Waals surface area contributed by atoms with Gasteiger partial charge in [-0.15, -0.1) is 0 Å². The Balaban J connectivity index is 1.64. The average molecular weight is 426 g/mol. The van der Waals surface area contributed by atoms with Crippen molar-refractivity contribution >= 4 is 17.4 Å². The predicted molar refractivity (Wildman–Crippen MR) is 111 cm³/mol. The number of carbonyl (C=O) groups is 2. The highest BCUT2D eigenvalue weighted by atomic mass is 16.5. The summed E-state index contributed by atoms with van der Waals surface area (Å²) in [5, 5.41) is 11.0. The highest BCUT2D eigenvalue weighted by Crippen LogP contribution is 2.39. The Morgan fingerprint density at radius 3 is 2.68 bits per heavy atom. The number of ketones is 1. The number of aliphatic hydroxyl groups is 1. The molecule has 0 unspecified atom stereocenters. The maximum Gasteiger partial charge on any atom is 0.295 e. The molecule has 4 rings (SSSR count). The molecule has 1 N–H and O–H groups in total. The van der Waals surface area contributed by atoms with Crippen LogP contribution in [0.3, 0.4) is 0 Å². The molecule has 2 fully saturated rings. The molecule has 2 aliphatic rings. The Labute approximate surface area is 180 Å². The normalized spacial score (nSPS) is 21.7. The van der Waals surface area contributed by atoms with Crippen LogP contribution in [0, 0.1) is 13.8 Å². The molecule has 164 valence electrons. The third kappa shape index (κ3) is 4.24. The lowest BCUT2D eigenvalue weighted by atomic mass is 9.99. The number of aliphatic hydroxyl groups excluding tert-OH is 1. The first-order valence-electron chi connectivity index (χ1n) is 10.4. The fourth-order valence-electron chi connectivity index (χ4n) is 4.10. The molecule has 0 spiro atoms. The number of ether oxygens (including phenoxy) is 1. The first-order chi connectivity index (χ1) is 15.0. The average Bonchev–Trinajstić information content (AvgIpc) is 3.37. The fourth-order valence-corrected chi connectivity index (χ4v) is 4.10. The number of carbonyl (C=O) groups excluding carboxylic acids is 2. The summed E-state index contributed by atoms with van der Waals surface area (Å²) in [6.45, 7) is 7.75. The predicted octanol–water partition coefficient (Wildman–Crippen LogP) is 1.83. The van der Waals surface area contributed by atoms with Crippen molar-refractivity contribution in [2.24, 2.45) is 0 Å². The second kappa shape index (κ2) is 8.99. The van der Waals surface area contributed by atoms with Gasteiger partial charge in [-0.3, -0.25) is 14.5 Å². The van der Waals surface area contributed by atoms with Gasteiger partial charge in [-0.25, -0.2) is 9.97 Å². The van der Waals surface area contributed by atoms with Crippen molar-refractivity contribution in [2.75, 3.05) is 39.4 Å². The minimum absolute atomic E-state index is 0.00174. The SMILES string of the molecule is Cc1ncc(C(O)=C2C(=O)C(=O)N(CCCN3CCOCC3)[C@H]2c2ccco2)c(C)n1. The fraction of sp³-hybridized carbons (Fsp3) is 0.455. The molecular formula is C22H26N4O5. The Morgan fingerprint density at radius 1 is 1.23 bits per heavy atom. The Kier molecular flexibility index (Phi) is 6.15. The van der Waals surface area contributed by atoms with E-state index in [0.29, 0.717) is 49.0 Å². The van der Waals surface area contributed by atoms with Crippen LogP contribution < -0.4 is 0 Å². The van der Waals surface area contributed by atoms with Crippen molar-refractivity contribution in [1.82, 2.24) is 19.8 Å². The van der Waals surface area contributed by atoms with Crippen molar-refractivity contribution in [2.45, 2.75) is 26.3 Å². The van der Waals surface area contributed by atoms with Gasteiger partial charge in [0, 0.05) is 32.4 Å². The lowest BCUT2D eigenvalue weighted by Gasteiger charge is -2.28. The molecule has 0 saturated carbocycles. The zero-order chi connectivity index (χ0) is 22.0. The largest absolute Gasteiger partial charge is 0.507 e. The molecule has 9 heteroatoms. The van der Waals surface area contributed by atoms with Crippen molar-refractivity contribution < 1.29 is 23.8 Å². The van der Waals surface area contributed by atoms with E-state index in [4.69, 9.17) is 9.15 Å². The number of hydrogen-bond donors (Lipinski definition) is 1. The molecule has 0 radical (unpaired) electrons. The minimum Gasteiger partial charge on any atom is -0.507 e. The maximum absolute atomic E-state index is 13.0. The molecule has 0 aromatic carbocycles. The molecule has 1 atom stereocenters. The lowest BCUT2D eigenvalue weighted by Crippen LogP contribution is -2.38.